The minimum Gasteiger partial charge on any atom is -0.376 e. The number of hydrogen-bond donors (Lipinski definition) is 1. The Hall–Kier alpha value is -1.88. The van der Waals surface area contributed by atoms with Gasteiger partial charge in [-0.1, -0.05) is 18.2 Å². The summed E-state index contributed by atoms with van der Waals surface area (Å²) in [5.74, 6) is -0.0587. The molecule has 106 valence electrons. The lowest BCUT2D eigenvalue weighted by Gasteiger charge is -2.27. The minimum atomic E-state index is -0.0587. The van der Waals surface area contributed by atoms with Crippen molar-refractivity contribution in [2.75, 3.05) is 20.2 Å². The van der Waals surface area contributed by atoms with Crippen molar-refractivity contribution in [3.8, 4) is 0 Å². The third-order valence-electron chi connectivity index (χ3n) is 3.77. The fourth-order valence-electron chi connectivity index (χ4n) is 2.65. The summed E-state index contributed by atoms with van der Waals surface area (Å²) in [6.07, 6.45) is 3.48. The van der Waals surface area contributed by atoms with Gasteiger partial charge in [-0.05, 0) is 25.3 Å². The van der Waals surface area contributed by atoms with Gasteiger partial charge in [0.25, 0.3) is 5.91 Å². The van der Waals surface area contributed by atoms with E-state index in [-0.39, 0.29) is 12.0 Å². The van der Waals surface area contributed by atoms with Gasteiger partial charge in [0.05, 0.1) is 11.6 Å². The Morgan fingerprint density at radius 2 is 2.30 bits per heavy atom. The maximum atomic E-state index is 12.5. The van der Waals surface area contributed by atoms with Crippen LogP contribution in [0, 0.1) is 0 Å². The number of H-pyrrole nitrogens is 1. The molecule has 5 heteroatoms. The molecule has 1 aliphatic rings. The maximum absolute atomic E-state index is 12.5. The molecule has 1 saturated heterocycles. The number of carbonyl (C=O) groups is 1. The summed E-state index contributed by atoms with van der Waals surface area (Å²) in [6.45, 7) is 1.43. The molecule has 0 bridgehead atoms. The molecule has 0 aliphatic carbocycles. The van der Waals surface area contributed by atoms with Gasteiger partial charge in [0.2, 0.25) is 0 Å². The third-order valence-corrected chi connectivity index (χ3v) is 3.77. The van der Waals surface area contributed by atoms with Crippen LogP contribution in [-0.2, 0) is 4.74 Å². The highest BCUT2D eigenvalue weighted by molar-refractivity contribution is 6.04. The molecule has 2 heterocycles. The molecular weight excluding hydrogens is 254 g/mol. The molecule has 1 aliphatic heterocycles. The normalized spacial score (nSPS) is 19.1. The highest BCUT2D eigenvalue weighted by Gasteiger charge is 2.22. The lowest BCUT2D eigenvalue weighted by atomic mass is 10.1. The molecule has 1 N–H and O–H groups in total. The first-order valence-corrected chi connectivity index (χ1v) is 7.06. The number of aromatic nitrogens is 2. The van der Waals surface area contributed by atoms with E-state index in [1.165, 1.54) is 6.42 Å². The number of benzene rings is 1. The third kappa shape index (κ3) is 2.54. The predicted octanol–water partition coefficient (Wildman–Crippen LogP) is 2.20. The molecule has 0 saturated carbocycles. The van der Waals surface area contributed by atoms with Crippen LogP contribution in [0.1, 0.15) is 29.8 Å². The van der Waals surface area contributed by atoms with Crippen molar-refractivity contribution in [3.63, 3.8) is 0 Å². The molecule has 20 heavy (non-hydrogen) atoms. The molecular formula is C15H19N3O2. The van der Waals surface area contributed by atoms with Crippen LogP contribution >= 0.6 is 0 Å². The number of carbonyl (C=O) groups excluding carboxylic acids is 1. The number of rotatable bonds is 3. The van der Waals surface area contributed by atoms with Crippen LogP contribution in [0.3, 0.4) is 0 Å². The SMILES string of the molecule is CN(CC1CCCCO1)C(=O)c1n[nH]c2ccccc12. The van der Waals surface area contributed by atoms with Gasteiger partial charge in [0.1, 0.15) is 0 Å². The molecule has 2 aromatic rings. The van der Waals surface area contributed by atoms with E-state index in [2.05, 4.69) is 10.2 Å². The fraction of sp³-hybridized carbons (Fsp3) is 0.467. The average Bonchev–Trinajstić information content (AvgIpc) is 2.91. The largest absolute Gasteiger partial charge is 0.376 e. The molecule has 0 radical (unpaired) electrons. The minimum absolute atomic E-state index is 0.0587. The number of likely N-dealkylation sites (N-methyl/N-ethyl adjacent to an activating group) is 1. The van der Waals surface area contributed by atoms with E-state index >= 15 is 0 Å². The van der Waals surface area contributed by atoms with Crippen LogP contribution in [-0.4, -0.2) is 47.3 Å². The van der Waals surface area contributed by atoms with Crippen LogP contribution in [0.5, 0.6) is 0 Å². The zero-order valence-electron chi connectivity index (χ0n) is 11.6. The van der Waals surface area contributed by atoms with Gasteiger partial charge in [0.15, 0.2) is 5.69 Å². The number of fused-ring (bicyclic) bond motifs is 1. The van der Waals surface area contributed by atoms with Gasteiger partial charge in [-0.2, -0.15) is 5.10 Å². The maximum Gasteiger partial charge on any atom is 0.274 e. The Labute approximate surface area is 117 Å². The van der Waals surface area contributed by atoms with Crippen molar-refractivity contribution >= 4 is 16.8 Å². The Morgan fingerprint density at radius 3 is 3.10 bits per heavy atom. The second-order valence-electron chi connectivity index (χ2n) is 5.29. The van der Waals surface area contributed by atoms with Crippen molar-refractivity contribution in [2.24, 2.45) is 0 Å². The first kappa shape index (κ1) is 13.1. The van der Waals surface area contributed by atoms with Crippen molar-refractivity contribution in [1.82, 2.24) is 15.1 Å². The number of para-hydroxylation sites is 1. The van der Waals surface area contributed by atoms with Gasteiger partial charge < -0.3 is 9.64 Å². The highest BCUT2D eigenvalue weighted by atomic mass is 16.5. The summed E-state index contributed by atoms with van der Waals surface area (Å²) in [4.78, 5) is 14.2. The first-order valence-electron chi connectivity index (χ1n) is 7.06. The summed E-state index contributed by atoms with van der Waals surface area (Å²) in [5.41, 5.74) is 1.37. The van der Waals surface area contributed by atoms with Gasteiger partial charge in [-0.25, -0.2) is 0 Å². The number of nitrogens with one attached hydrogen (secondary N) is 1. The first-order chi connectivity index (χ1) is 9.75. The molecule has 1 unspecified atom stereocenters. The zero-order valence-corrected chi connectivity index (χ0v) is 11.6. The monoisotopic (exact) mass is 273 g/mol. The second kappa shape index (κ2) is 5.63. The van der Waals surface area contributed by atoms with Crippen molar-refractivity contribution in [2.45, 2.75) is 25.4 Å². The predicted molar refractivity (Wildman–Crippen MR) is 76.6 cm³/mol. The fourth-order valence-corrected chi connectivity index (χ4v) is 2.65. The van der Waals surface area contributed by atoms with Crippen molar-refractivity contribution < 1.29 is 9.53 Å². The quantitative estimate of drug-likeness (QED) is 0.932. The molecule has 1 aromatic heterocycles. The number of hydrogen-bond acceptors (Lipinski definition) is 3. The topological polar surface area (TPSA) is 58.2 Å². The average molecular weight is 273 g/mol. The number of nitrogens with zero attached hydrogens (tertiary/aromatic N) is 2. The summed E-state index contributed by atoms with van der Waals surface area (Å²) in [6, 6.07) is 7.67. The lowest BCUT2D eigenvalue weighted by molar-refractivity contribution is -0.000257. The van der Waals surface area contributed by atoms with Crippen LogP contribution < -0.4 is 0 Å². The molecule has 1 amide bonds. The van der Waals surface area contributed by atoms with Crippen LogP contribution in [0.4, 0.5) is 0 Å². The van der Waals surface area contributed by atoms with Crippen LogP contribution in [0.15, 0.2) is 24.3 Å². The Kier molecular flexibility index (Phi) is 3.69. The van der Waals surface area contributed by atoms with Crippen molar-refractivity contribution in [3.05, 3.63) is 30.0 Å². The summed E-state index contributed by atoms with van der Waals surface area (Å²) in [5, 5.41) is 7.92. The summed E-state index contributed by atoms with van der Waals surface area (Å²) >= 11 is 0. The van der Waals surface area contributed by atoms with E-state index in [1.54, 1.807) is 4.90 Å². The Balaban J connectivity index is 1.74. The molecule has 1 aromatic carbocycles. The van der Waals surface area contributed by atoms with Crippen LogP contribution in [0.2, 0.25) is 0 Å². The Morgan fingerprint density at radius 1 is 1.45 bits per heavy atom. The molecule has 1 fully saturated rings. The van der Waals surface area contributed by atoms with E-state index in [9.17, 15) is 4.79 Å². The molecule has 0 spiro atoms. The number of amides is 1. The van der Waals surface area contributed by atoms with Gasteiger partial charge in [0, 0.05) is 25.6 Å². The van der Waals surface area contributed by atoms with Gasteiger partial charge in [-0.3, -0.25) is 9.89 Å². The van der Waals surface area contributed by atoms with Gasteiger partial charge >= 0.3 is 0 Å². The van der Waals surface area contributed by atoms with E-state index in [1.807, 2.05) is 31.3 Å². The van der Waals surface area contributed by atoms with Gasteiger partial charge in [-0.15, -0.1) is 0 Å². The lowest BCUT2D eigenvalue weighted by Crippen LogP contribution is -2.37. The molecule has 3 rings (SSSR count). The Bertz CT molecular complexity index is 602. The van der Waals surface area contributed by atoms with E-state index in [4.69, 9.17) is 4.74 Å². The summed E-state index contributed by atoms with van der Waals surface area (Å²) < 4.78 is 5.68. The van der Waals surface area contributed by atoms with E-state index in [0.29, 0.717) is 12.2 Å². The highest BCUT2D eigenvalue weighted by Crippen LogP contribution is 2.18. The standard InChI is InChI=1S/C15H19N3O2/c1-18(10-11-6-4-5-9-20-11)15(19)14-12-7-2-3-8-13(12)16-17-14/h2-3,7-8,11H,4-6,9-10H2,1H3,(H,16,17). The van der Waals surface area contributed by atoms with E-state index in [0.717, 1.165) is 30.4 Å². The second-order valence-corrected chi connectivity index (χ2v) is 5.29. The smallest absolute Gasteiger partial charge is 0.274 e. The van der Waals surface area contributed by atoms with E-state index < -0.39 is 0 Å². The molecule has 1 atom stereocenters. The molecule has 5 nitrogen and oxygen atoms in total. The number of aromatic amines is 1. The zero-order chi connectivity index (χ0) is 13.9. The summed E-state index contributed by atoms with van der Waals surface area (Å²) in [7, 11) is 1.81. The number of ether oxygens (including phenoxy) is 1. The van der Waals surface area contributed by atoms with Crippen LogP contribution in [0.25, 0.3) is 10.9 Å². The van der Waals surface area contributed by atoms with Crippen molar-refractivity contribution in [1.29, 1.82) is 0 Å².